The zero-order valence-electron chi connectivity index (χ0n) is 9.45. The first-order valence-electron chi connectivity index (χ1n) is 5.21. The topological polar surface area (TPSA) is 37.3 Å². The van der Waals surface area contributed by atoms with E-state index in [-0.39, 0.29) is 18.3 Å². The van der Waals surface area contributed by atoms with Crippen LogP contribution in [-0.4, -0.2) is 29.0 Å². The molecular weight excluding hydrogens is 279 g/mol. The molecule has 0 saturated carbocycles. The third kappa shape index (κ3) is 4.88. The Morgan fingerprint density at radius 3 is 2.82 bits per heavy atom. The Bertz CT molecular complexity index is 396. The molecule has 1 unspecified atom stereocenters. The predicted octanol–water partition coefficient (Wildman–Crippen LogP) is 3.54. The number of halogens is 2. The first-order chi connectivity index (χ1) is 8.04. The minimum absolute atomic E-state index is 0.0346. The minimum Gasteiger partial charge on any atom is -0.396 e. The van der Waals surface area contributed by atoms with Gasteiger partial charge in [0.05, 0.1) is 10.8 Å². The predicted molar refractivity (Wildman–Crippen MR) is 74.4 cm³/mol. The van der Waals surface area contributed by atoms with E-state index in [0.717, 1.165) is 5.75 Å². The van der Waals surface area contributed by atoms with Crippen molar-refractivity contribution in [1.82, 2.24) is 0 Å². The fraction of sp³-hybridized carbons (Fsp3) is 0.417. The number of aliphatic hydroxyl groups excluding tert-OH is 1. The van der Waals surface area contributed by atoms with E-state index >= 15 is 0 Å². The van der Waals surface area contributed by atoms with Gasteiger partial charge in [0.2, 0.25) is 0 Å². The maximum absolute atomic E-state index is 11.9. The lowest BCUT2D eigenvalue weighted by Gasteiger charge is -2.07. The highest BCUT2D eigenvalue weighted by molar-refractivity contribution is 7.99. The van der Waals surface area contributed by atoms with Crippen LogP contribution in [-0.2, 0) is 0 Å². The molecule has 94 valence electrons. The molecule has 0 fully saturated rings. The first-order valence-corrected chi connectivity index (χ1v) is 7.12. The number of benzene rings is 1. The van der Waals surface area contributed by atoms with Crippen molar-refractivity contribution >= 4 is 40.7 Å². The van der Waals surface area contributed by atoms with Crippen molar-refractivity contribution in [3.8, 4) is 0 Å². The molecule has 1 aromatic rings. The Kier molecular flexibility index (Phi) is 6.34. The highest BCUT2D eigenvalue weighted by atomic mass is 35.5. The standard InChI is InChI=1S/C12H14Cl2O2S/c1-8(5-15)6-17-7-12(16)10-4-9(13)2-3-11(10)14/h2-4,8,15H,5-7H2,1H3. The molecule has 0 aliphatic heterocycles. The van der Waals surface area contributed by atoms with Crippen molar-refractivity contribution in [2.45, 2.75) is 6.92 Å². The Morgan fingerprint density at radius 2 is 2.18 bits per heavy atom. The van der Waals surface area contributed by atoms with Crippen molar-refractivity contribution < 1.29 is 9.90 Å². The average molecular weight is 293 g/mol. The molecule has 0 spiro atoms. The average Bonchev–Trinajstić information content (AvgIpc) is 2.31. The molecule has 1 atom stereocenters. The summed E-state index contributed by atoms with van der Waals surface area (Å²) in [5.74, 6) is 1.26. The molecule has 2 nitrogen and oxygen atoms in total. The first kappa shape index (κ1) is 14.8. The molecular formula is C12H14Cl2O2S. The second-order valence-corrected chi connectivity index (χ2v) is 5.72. The second-order valence-electron chi connectivity index (χ2n) is 3.85. The van der Waals surface area contributed by atoms with E-state index < -0.39 is 0 Å². The Labute approximate surface area is 115 Å². The molecule has 0 radical (unpaired) electrons. The number of carbonyl (C=O) groups excluding carboxylic acids is 1. The van der Waals surface area contributed by atoms with Crippen molar-refractivity contribution in [1.29, 1.82) is 0 Å². The molecule has 0 heterocycles. The van der Waals surface area contributed by atoms with E-state index in [2.05, 4.69) is 0 Å². The van der Waals surface area contributed by atoms with Gasteiger partial charge in [-0.25, -0.2) is 0 Å². The molecule has 0 aliphatic carbocycles. The van der Waals surface area contributed by atoms with E-state index in [1.54, 1.807) is 18.2 Å². The van der Waals surface area contributed by atoms with E-state index in [1.807, 2.05) is 6.92 Å². The van der Waals surface area contributed by atoms with E-state index in [1.165, 1.54) is 11.8 Å². The molecule has 0 aromatic heterocycles. The molecule has 0 saturated heterocycles. The number of rotatable bonds is 6. The SMILES string of the molecule is CC(CO)CSCC(=O)c1cc(Cl)ccc1Cl. The number of hydrogen-bond donors (Lipinski definition) is 1. The lowest BCUT2D eigenvalue weighted by atomic mass is 10.1. The van der Waals surface area contributed by atoms with Crippen molar-refractivity contribution in [3.05, 3.63) is 33.8 Å². The number of hydrogen-bond acceptors (Lipinski definition) is 3. The smallest absolute Gasteiger partial charge is 0.174 e. The minimum atomic E-state index is -0.0346. The largest absolute Gasteiger partial charge is 0.396 e. The van der Waals surface area contributed by atoms with Gasteiger partial charge in [-0.15, -0.1) is 0 Å². The summed E-state index contributed by atoms with van der Waals surface area (Å²) in [5.41, 5.74) is 0.461. The molecule has 5 heteroatoms. The molecule has 0 bridgehead atoms. The van der Waals surface area contributed by atoms with Crippen LogP contribution in [0.5, 0.6) is 0 Å². The number of ketones is 1. The third-order valence-electron chi connectivity index (χ3n) is 2.18. The van der Waals surface area contributed by atoms with Gasteiger partial charge in [0.1, 0.15) is 0 Å². The summed E-state index contributed by atoms with van der Waals surface area (Å²) < 4.78 is 0. The summed E-state index contributed by atoms with van der Waals surface area (Å²) in [4.78, 5) is 11.9. The third-order valence-corrected chi connectivity index (χ3v) is 4.01. The van der Waals surface area contributed by atoms with Gasteiger partial charge in [-0.05, 0) is 29.9 Å². The number of thioether (sulfide) groups is 1. The zero-order chi connectivity index (χ0) is 12.8. The van der Waals surface area contributed by atoms with Crippen molar-refractivity contribution in [3.63, 3.8) is 0 Å². The van der Waals surface area contributed by atoms with Crippen LogP contribution in [0.3, 0.4) is 0 Å². The summed E-state index contributed by atoms with van der Waals surface area (Å²) in [6.07, 6.45) is 0. The fourth-order valence-electron chi connectivity index (χ4n) is 1.19. The van der Waals surface area contributed by atoms with Crippen LogP contribution in [0.4, 0.5) is 0 Å². The quantitative estimate of drug-likeness (QED) is 0.815. The second kappa shape index (κ2) is 7.27. The van der Waals surface area contributed by atoms with Crippen LogP contribution < -0.4 is 0 Å². The van der Waals surface area contributed by atoms with E-state index in [9.17, 15) is 4.79 Å². The van der Waals surface area contributed by atoms with Gasteiger partial charge in [0.15, 0.2) is 5.78 Å². The van der Waals surface area contributed by atoms with Gasteiger partial charge in [0, 0.05) is 17.2 Å². The Balaban J connectivity index is 2.55. The van der Waals surface area contributed by atoms with Gasteiger partial charge in [-0.1, -0.05) is 30.1 Å². The summed E-state index contributed by atoms with van der Waals surface area (Å²) in [5, 5.41) is 9.79. The molecule has 1 aromatic carbocycles. The van der Waals surface area contributed by atoms with E-state index in [4.69, 9.17) is 28.3 Å². The lowest BCUT2D eigenvalue weighted by Crippen LogP contribution is -2.08. The maximum atomic E-state index is 11.9. The van der Waals surface area contributed by atoms with Crippen molar-refractivity contribution in [2.24, 2.45) is 5.92 Å². The maximum Gasteiger partial charge on any atom is 0.174 e. The lowest BCUT2D eigenvalue weighted by molar-refractivity contribution is 0.102. The summed E-state index contributed by atoms with van der Waals surface area (Å²) >= 11 is 13.2. The fourth-order valence-corrected chi connectivity index (χ4v) is 2.56. The van der Waals surface area contributed by atoms with Gasteiger partial charge < -0.3 is 5.11 Å². The van der Waals surface area contributed by atoms with E-state index in [0.29, 0.717) is 21.4 Å². The Morgan fingerprint density at radius 1 is 1.47 bits per heavy atom. The monoisotopic (exact) mass is 292 g/mol. The van der Waals surface area contributed by atoms with Crippen molar-refractivity contribution in [2.75, 3.05) is 18.1 Å². The molecule has 1 rings (SSSR count). The Hall–Kier alpha value is -0.220. The highest BCUT2D eigenvalue weighted by Gasteiger charge is 2.11. The van der Waals surface area contributed by atoms with Crippen LogP contribution in [0, 0.1) is 5.92 Å². The van der Waals surface area contributed by atoms with Gasteiger partial charge in [0.25, 0.3) is 0 Å². The highest BCUT2D eigenvalue weighted by Crippen LogP contribution is 2.22. The van der Waals surface area contributed by atoms with Crippen LogP contribution in [0.15, 0.2) is 18.2 Å². The van der Waals surface area contributed by atoms with Crippen LogP contribution in [0.25, 0.3) is 0 Å². The summed E-state index contributed by atoms with van der Waals surface area (Å²) in [6.45, 7) is 2.07. The van der Waals surface area contributed by atoms with Crippen LogP contribution >= 0.6 is 35.0 Å². The molecule has 0 aliphatic rings. The van der Waals surface area contributed by atoms with Gasteiger partial charge in [-0.3, -0.25) is 4.79 Å². The van der Waals surface area contributed by atoms with Crippen LogP contribution in [0.2, 0.25) is 10.0 Å². The zero-order valence-corrected chi connectivity index (χ0v) is 11.8. The number of Topliss-reactive ketones (excluding diaryl/α,β-unsaturated/α-hetero) is 1. The number of carbonyl (C=O) groups is 1. The van der Waals surface area contributed by atoms with Gasteiger partial charge in [-0.2, -0.15) is 11.8 Å². The molecule has 0 amide bonds. The number of aliphatic hydroxyl groups is 1. The molecule has 17 heavy (non-hydrogen) atoms. The summed E-state index contributed by atoms with van der Waals surface area (Å²) in [6, 6.07) is 4.86. The molecule has 1 N–H and O–H groups in total. The van der Waals surface area contributed by atoms with Crippen LogP contribution in [0.1, 0.15) is 17.3 Å². The summed E-state index contributed by atoms with van der Waals surface area (Å²) in [7, 11) is 0. The van der Waals surface area contributed by atoms with Gasteiger partial charge >= 0.3 is 0 Å². The normalized spacial score (nSPS) is 12.5.